The van der Waals surface area contributed by atoms with Crippen LogP contribution in [0, 0.1) is 17.6 Å². The van der Waals surface area contributed by atoms with Crippen LogP contribution in [0.15, 0.2) is 42.5 Å². The van der Waals surface area contributed by atoms with Crippen molar-refractivity contribution in [2.24, 2.45) is 13.0 Å². The fraction of sp³-hybridized carbons (Fsp3) is 0.343. The number of halogens is 7. The van der Waals surface area contributed by atoms with Crippen molar-refractivity contribution in [2.45, 2.75) is 50.9 Å². The van der Waals surface area contributed by atoms with Crippen LogP contribution in [0.5, 0.6) is 0 Å². The summed E-state index contributed by atoms with van der Waals surface area (Å²) in [4.78, 5) is 23.2. The van der Waals surface area contributed by atoms with Crippen LogP contribution in [-0.4, -0.2) is 57.2 Å². The van der Waals surface area contributed by atoms with Crippen LogP contribution in [0.2, 0.25) is 0 Å². The van der Waals surface area contributed by atoms with Gasteiger partial charge in [0.15, 0.2) is 22.3 Å². The predicted molar refractivity (Wildman–Crippen MR) is 195 cm³/mol. The Balaban J connectivity index is 1.40. The monoisotopic (exact) mass is 823 g/mol. The molecule has 6 aromatic rings. The SMILES string of the molecule is CNc1nc2nc([C@H](Cc3cc(F)cc(F)c3)NC(=O)Cn3nc(C(F)(F)F)c4c3C(F)(F)[C@H](C)[C@@H]4C)c(-c3cccc4c(NS(C)(=O)=O)nn(C)c34)cc2s1. The number of aromatic nitrogens is 6. The number of nitrogens with zero attached hydrogens (tertiary/aromatic N) is 6. The Kier molecular flexibility index (Phi) is 9.54. The minimum atomic E-state index is -5.10. The van der Waals surface area contributed by atoms with Crippen LogP contribution < -0.4 is 15.4 Å². The summed E-state index contributed by atoms with van der Waals surface area (Å²) in [5.74, 6) is -9.43. The molecule has 0 bridgehead atoms. The Morgan fingerprint density at radius 1 is 1.04 bits per heavy atom. The summed E-state index contributed by atoms with van der Waals surface area (Å²) in [6.07, 6.45) is -4.48. The number of hydrogen-bond acceptors (Lipinski definition) is 9. The summed E-state index contributed by atoms with van der Waals surface area (Å²) in [5.41, 5.74) is -1.75. The Hall–Kier alpha value is -5.31. The number of aryl methyl sites for hydroxylation is 1. The molecule has 1 aliphatic rings. The first-order valence-electron chi connectivity index (χ1n) is 16.9. The highest BCUT2D eigenvalue weighted by Gasteiger charge is 2.57. The second kappa shape index (κ2) is 13.7. The molecule has 3 atom stereocenters. The summed E-state index contributed by atoms with van der Waals surface area (Å²) in [6, 6.07) is 8.00. The number of carbonyl (C=O) groups is 1. The number of alkyl halides is 5. The molecule has 0 saturated heterocycles. The third-order valence-electron chi connectivity index (χ3n) is 9.73. The Morgan fingerprint density at radius 2 is 1.73 bits per heavy atom. The molecule has 4 heterocycles. The smallest absolute Gasteiger partial charge is 0.365 e. The van der Waals surface area contributed by atoms with Crippen LogP contribution in [0.25, 0.3) is 32.4 Å². The molecule has 296 valence electrons. The minimum absolute atomic E-state index is 0.0169. The van der Waals surface area contributed by atoms with Crippen LogP contribution in [0.3, 0.4) is 0 Å². The number of para-hydroxylation sites is 1. The zero-order chi connectivity index (χ0) is 40.6. The van der Waals surface area contributed by atoms with Crippen molar-refractivity contribution in [3.8, 4) is 11.1 Å². The molecule has 0 saturated carbocycles. The van der Waals surface area contributed by atoms with E-state index in [2.05, 4.69) is 30.5 Å². The van der Waals surface area contributed by atoms with Gasteiger partial charge < -0.3 is 10.6 Å². The number of nitrogens with one attached hydrogen (secondary N) is 3. The van der Waals surface area contributed by atoms with E-state index in [1.807, 2.05) is 0 Å². The Bertz CT molecular complexity index is 2640. The van der Waals surface area contributed by atoms with Gasteiger partial charge in [0.05, 0.1) is 28.2 Å². The van der Waals surface area contributed by atoms with Gasteiger partial charge in [0.2, 0.25) is 15.9 Å². The third-order valence-corrected chi connectivity index (χ3v) is 11.3. The number of hydrogen-bond donors (Lipinski definition) is 3. The van der Waals surface area contributed by atoms with Gasteiger partial charge in [-0.3, -0.25) is 18.9 Å². The molecule has 0 fully saturated rings. The fourth-order valence-corrected chi connectivity index (χ4v) is 8.49. The van der Waals surface area contributed by atoms with Crippen LogP contribution in [-0.2, 0) is 46.9 Å². The molecule has 56 heavy (non-hydrogen) atoms. The maximum Gasteiger partial charge on any atom is 0.435 e. The highest BCUT2D eigenvalue weighted by atomic mass is 32.2. The number of rotatable bonds is 10. The summed E-state index contributed by atoms with van der Waals surface area (Å²) in [6.45, 7) is 1.29. The summed E-state index contributed by atoms with van der Waals surface area (Å²) >= 11 is 1.23. The van der Waals surface area contributed by atoms with E-state index < -0.39 is 81.0 Å². The first kappa shape index (κ1) is 38.9. The average molecular weight is 824 g/mol. The van der Waals surface area contributed by atoms with Gasteiger partial charge >= 0.3 is 6.18 Å². The topological polar surface area (TPSA) is 149 Å². The van der Waals surface area contributed by atoms with Crippen molar-refractivity contribution in [2.75, 3.05) is 23.3 Å². The molecular formula is C35H32F7N9O3S2. The third kappa shape index (κ3) is 7.01. The van der Waals surface area contributed by atoms with Crippen molar-refractivity contribution < 1.29 is 43.9 Å². The van der Waals surface area contributed by atoms with Crippen molar-refractivity contribution in [3.05, 3.63) is 82.3 Å². The molecule has 1 amide bonds. The van der Waals surface area contributed by atoms with E-state index in [9.17, 15) is 35.2 Å². The van der Waals surface area contributed by atoms with Gasteiger partial charge in [0.1, 0.15) is 23.9 Å². The number of benzene rings is 2. The van der Waals surface area contributed by atoms with Crippen molar-refractivity contribution in [1.82, 2.24) is 34.8 Å². The average Bonchev–Trinajstić information content (AvgIpc) is 3.81. The van der Waals surface area contributed by atoms with Crippen LogP contribution >= 0.6 is 11.3 Å². The maximum atomic E-state index is 15.6. The highest BCUT2D eigenvalue weighted by molar-refractivity contribution is 7.92. The molecule has 0 spiro atoms. The number of sulfonamides is 1. The van der Waals surface area contributed by atoms with E-state index in [1.54, 1.807) is 38.4 Å². The summed E-state index contributed by atoms with van der Waals surface area (Å²) in [7, 11) is -0.561. The van der Waals surface area contributed by atoms with E-state index in [4.69, 9.17) is 4.98 Å². The van der Waals surface area contributed by atoms with Gasteiger partial charge in [-0.05, 0) is 42.2 Å². The van der Waals surface area contributed by atoms with Crippen LogP contribution in [0.4, 0.5) is 41.7 Å². The normalized spacial score (nSPS) is 17.4. The largest absolute Gasteiger partial charge is 0.435 e. The van der Waals surface area contributed by atoms with Crippen molar-refractivity contribution in [1.29, 1.82) is 0 Å². The number of pyridine rings is 1. The molecule has 4 aromatic heterocycles. The lowest BCUT2D eigenvalue weighted by Gasteiger charge is -2.23. The molecule has 0 aliphatic heterocycles. The molecular weight excluding hydrogens is 792 g/mol. The molecule has 2 aromatic carbocycles. The lowest BCUT2D eigenvalue weighted by molar-refractivity contribution is -0.143. The van der Waals surface area contributed by atoms with Gasteiger partial charge in [-0.1, -0.05) is 37.3 Å². The molecule has 7 rings (SSSR count). The molecule has 0 radical (unpaired) electrons. The number of amides is 1. The van der Waals surface area contributed by atoms with E-state index in [1.165, 1.54) is 22.9 Å². The molecule has 3 N–H and O–H groups in total. The van der Waals surface area contributed by atoms with Gasteiger partial charge in [-0.25, -0.2) is 27.2 Å². The molecule has 1 aliphatic carbocycles. The maximum absolute atomic E-state index is 15.6. The molecule has 12 nitrogen and oxygen atoms in total. The standard InChI is InChI=1S/C35H32F7N9O3S2/c1-15-16(2)34(38,39)30-26(15)29(35(40,41)42)47-51(30)14-25(52)44-23(11-17-9-18(36)12-19(37)10-17)27-22(13-24-32(45-27)46-33(43-3)55-24)20-7-6-8-21-28(20)50(4)48-31(21)49-56(5,53)54/h6-10,12-13,15-16,23H,11,14H2,1-5H3,(H,44,52)(H,48,49)(H,43,45,46)/t15-,16+,23-/m0/s1. The number of anilines is 2. The molecule has 0 unspecified atom stereocenters. The fourth-order valence-electron chi connectivity index (χ4n) is 7.19. The quantitative estimate of drug-likeness (QED) is 0.124. The number of thiazole rings is 1. The zero-order valence-electron chi connectivity index (χ0n) is 30.1. The van der Waals surface area contributed by atoms with E-state index in [0.29, 0.717) is 42.6 Å². The predicted octanol–water partition coefficient (Wildman–Crippen LogP) is 7.10. The second-order valence-electron chi connectivity index (χ2n) is 13.6. The van der Waals surface area contributed by atoms with E-state index in [-0.39, 0.29) is 29.1 Å². The van der Waals surface area contributed by atoms with Crippen LogP contribution in [0.1, 0.15) is 54.0 Å². The lowest BCUT2D eigenvalue weighted by Crippen LogP contribution is -2.35. The zero-order valence-corrected chi connectivity index (χ0v) is 31.7. The minimum Gasteiger partial charge on any atom is -0.365 e. The van der Waals surface area contributed by atoms with Gasteiger partial charge in [0.25, 0.3) is 5.92 Å². The molecule has 21 heteroatoms. The number of fused-ring (bicyclic) bond motifs is 3. The van der Waals surface area contributed by atoms with Crippen molar-refractivity contribution in [3.63, 3.8) is 0 Å². The Labute approximate surface area is 318 Å². The highest BCUT2D eigenvalue weighted by Crippen LogP contribution is 2.55. The van der Waals surface area contributed by atoms with E-state index in [0.717, 1.165) is 25.3 Å². The van der Waals surface area contributed by atoms with E-state index >= 15 is 8.78 Å². The Morgan fingerprint density at radius 3 is 2.38 bits per heavy atom. The first-order valence-corrected chi connectivity index (χ1v) is 19.6. The van der Waals surface area contributed by atoms with Crippen molar-refractivity contribution >= 4 is 59.5 Å². The van der Waals surface area contributed by atoms with Gasteiger partial charge in [-0.2, -0.15) is 32.1 Å². The second-order valence-corrected chi connectivity index (χ2v) is 16.4. The first-order chi connectivity index (χ1) is 26.2. The van der Waals surface area contributed by atoms with Gasteiger partial charge in [0, 0.05) is 48.2 Å². The van der Waals surface area contributed by atoms with Gasteiger partial charge in [-0.15, -0.1) is 0 Å². The lowest BCUT2D eigenvalue weighted by atomic mass is 9.94. The summed E-state index contributed by atoms with van der Waals surface area (Å²) < 4.78 is 132. The summed E-state index contributed by atoms with van der Waals surface area (Å²) in [5, 5.41) is 14.2. The number of carbonyl (C=O) groups excluding carboxylic acids is 1.